The highest BCUT2D eigenvalue weighted by Crippen LogP contribution is 2.17. The summed E-state index contributed by atoms with van der Waals surface area (Å²) in [5, 5.41) is 6.47. The number of amides is 1. The second kappa shape index (κ2) is 12.5. The molecule has 30 heavy (non-hydrogen) atoms. The molecular weight excluding hydrogens is 493 g/mol. The smallest absolute Gasteiger partial charge is 0.224 e. The monoisotopic (exact) mass is 529 g/mol. The van der Waals surface area contributed by atoms with Crippen LogP contribution < -0.4 is 10.6 Å². The number of guanidine groups is 1. The van der Waals surface area contributed by atoms with E-state index < -0.39 is 0 Å². The quantitative estimate of drug-likeness (QED) is 0.337. The zero-order valence-corrected chi connectivity index (χ0v) is 20.7. The molecule has 0 radical (unpaired) electrons. The SMILES string of the molecule is CN=C(NCc1cccc(NC(=O)CC(C)C)c1)N1CCC(N2CCOCC2)C1.I. The second-order valence-electron chi connectivity index (χ2n) is 8.28. The summed E-state index contributed by atoms with van der Waals surface area (Å²) >= 11 is 0. The van der Waals surface area contributed by atoms with E-state index in [0.717, 1.165) is 63.0 Å². The van der Waals surface area contributed by atoms with Crippen LogP contribution in [0.2, 0.25) is 0 Å². The molecule has 1 aromatic rings. The Morgan fingerprint density at radius 1 is 1.27 bits per heavy atom. The second-order valence-corrected chi connectivity index (χ2v) is 8.28. The summed E-state index contributed by atoms with van der Waals surface area (Å²) in [7, 11) is 1.84. The number of aliphatic imine (C=N–C) groups is 1. The van der Waals surface area contributed by atoms with E-state index >= 15 is 0 Å². The highest BCUT2D eigenvalue weighted by molar-refractivity contribution is 14.0. The highest BCUT2D eigenvalue weighted by Gasteiger charge is 2.30. The first kappa shape index (κ1) is 24.9. The van der Waals surface area contributed by atoms with E-state index in [-0.39, 0.29) is 29.9 Å². The summed E-state index contributed by atoms with van der Waals surface area (Å²) in [6, 6.07) is 8.59. The zero-order valence-electron chi connectivity index (χ0n) is 18.4. The molecule has 1 amide bonds. The number of nitrogens with zero attached hydrogens (tertiary/aromatic N) is 3. The standard InChI is InChI=1S/C22H35N5O2.HI/c1-17(2)13-21(28)25-19-6-4-5-18(14-19)15-24-22(23-3)27-8-7-20(16-27)26-9-11-29-12-10-26;/h4-6,14,17,20H,7-13,15-16H2,1-3H3,(H,23,24)(H,25,28);1H. The summed E-state index contributed by atoms with van der Waals surface area (Å²) in [5.41, 5.74) is 1.97. The van der Waals surface area contributed by atoms with E-state index in [1.807, 2.05) is 39.1 Å². The van der Waals surface area contributed by atoms with Crippen LogP contribution in [0.5, 0.6) is 0 Å². The van der Waals surface area contributed by atoms with Gasteiger partial charge in [0.25, 0.3) is 0 Å². The lowest BCUT2D eigenvalue weighted by atomic mass is 10.1. The Labute approximate surface area is 197 Å². The van der Waals surface area contributed by atoms with Gasteiger partial charge >= 0.3 is 0 Å². The molecule has 168 valence electrons. The van der Waals surface area contributed by atoms with Gasteiger partial charge < -0.3 is 20.3 Å². The van der Waals surface area contributed by atoms with Gasteiger partial charge in [-0.2, -0.15) is 0 Å². The fourth-order valence-electron chi connectivity index (χ4n) is 4.03. The molecule has 1 unspecified atom stereocenters. The number of carbonyl (C=O) groups is 1. The number of ether oxygens (including phenoxy) is 1. The number of hydrogen-bond donors (Lipinski definition) is 2. The summed E-state index contributed by atoms with van der Waals surface area (Å²) in [5.74, 6) is 1.35. The van der Waals surface area contributed by atoms with Crippen LogP contribution >= 0.6 is 24.0 Å². The van der Waals surface area contributed by atoms with Crippen molar-refractivity contribution < 1.29 is 9.53 Å². The Bertz CT molecular complexity index is 707. The first-order valence-corrected chi connectivity index (χ1v) is 10.7. The van der Waals surface area contributed by atoms with Crippen molar-refractivity contribution >= 4 is 41.5 Å². The molecule has 2 aliphatic rings. The van der Waals surface area contributed by atoms with Gasteiger partial charge in [0.05, 0.1) is 13.2 Å². The molecule has 7 nitrogen and oxygen atoms in total. The number of benzene rings is 1. The average molecular weight is 529 g/mol. The number of anilines is 1. The lowest BCUT2D eigenvalue weighted by Gasteiger charge is -2.32. The molecule has 2 fully saturated rings. The van der Waals surface area contributed by atoms with Gasteiger partial charge in [-0.15, -0.1) is 24.0 Å². The van der Waals surface area contributed by atoms with Crippen LogP contribution in [0, 0.1) is 5.92 Å². The van der Waals surface area contributed by atoms with Gasteiger partial charge in [-0.25, -0.2) is 0 Å². The van der Waals surface area contributed by atoms with Gasteiger partial charge in [-0.3, -0.25) is 14.7 Å². The molecule has 0 spiro atoms. The van der Waals surface area contributed by atoms with E-state index in [4.69, 9.17) is 4.74 Å². The maximum Gasteiger partial charge on any atom is 0.224 e. The maximum absolute atomic E-state index is 12.0. The molecule has 0 aromatic heterocycles. The third-order valence-corrected chi connectivity index (χ3v) is 5.49. The van der Waals surface area contributed by atoms with Crippen LogP contribution in [0.15, 0.2) is 29.3 Å². The van der Waals surface area contributed by atoms with E-state index in [1.54, 1.807) is 0 Å². The molecule has 8 heteroatoms. The highest BCUT2D eigenvalue weighted by atomic mass is 127. The van der Waals surface area contributed by atoms with Crippen molar-refractivity contribution in [2.45, 2.75) is 39.3 Å². The molecular formula is C22H36IN5O2. The fourth-order valence-corrected chi connectivity index (χ4v) is 4.03. The Kier molecular flexibility index (Phi) is 10.3. The lowest BCUT2D eigenvalue weighted by molar-refractivity contribution is -0.116. The molecule has 1 atom stereocenters. The molecule has 2 N–H and O–H groups in total. The Balaban J connectivity index is 0.00000320. The Morgan fingerprint density at radius 2 is 2.03 bits per heavy atom. The van der Waals surface area contributed by atoms with Crippen LogP contribution in [0.1, 0.15) is 32.3 Å². The van der Waals surface area contributed by atoms with Crippen molar-refractivity contribution in [3.05, 3.63) is 29.8 Å². The lowest BCUT2D eigenvalue weighted by Crippen LogP contribution is -2.46. The van der Waals surface area contributed by atoms with Gasteiger partial charge in [0.2, 0.25) is 5.91 Å². The summed E-state index contributed by atoms with van der Waals surface area (Å²) < 4.78 is 5.48. The van der Waals surface area contributed by atoms with E-state index in [0.29, 0.717) is 24.9 Å². The number of halogens is 1. The van der Waals surface area contributed by atoms with Gasteiger partial charge in [-0.1, -0.05) is 26.0 Å². The molecule has 0 aliphatic carbocycles. The molecule has 0 saturated carbocycles. The van der Waals surface area contributed by atoms with Crippen molar-refractivity contribution in [3.8, 4) is 0 Å². The molecule has 1 aromatic carbocycles. The number of nitrogens with one attached hydrogen (secondary N) is 2. The summed E-state index contributed by atoms with van der Waals surface area (Å²) in [6.07, 6.45) is 1.70. The van der Waals surface area contributed by atoms with Crippen molar-refractivity contribution in [1.29, 1.82) is 0 Å². The van der Waals surface area contributed by atoms with Crippen LogP contribution in [-0.4, -0.2) is 74.1 Å². The van der Waals surface area contributed by atoms with Crippen LogP contribution in [0.4, 0.5) is 5.69 Å². The first-order chi connectivity index (χ1) is 14.0. The van der Waals surface area contributed by atoms with Crippen LogP contribution in [0.25, 0.3) is 0 Å². The van der Waals surface area contributed by atoms with Crippen molar-refractivity contribution in [2.24, 2.45) is 10.9 Å². The fraction of sp³-hybridized carbons (Fsp3) is 0.636. The predicted molar refractivity (Wildman–Crippen MR) is 133 cm³/mol. The minimum atomic E-state index is 0. The molecule has 2 aliphatic heterocycles. The molecule has 0 bridgehead atoms. The number of carbonyl (C=O) groups excluding carboxylic acids is 1. The minimum Gasteiger partial charge on any atom is -0.379 e. The largest absolute Gasteiger partial charge is 0.379 e. The maximum atomic E-state index is 12.0. The van der Waals surface area contributed by atoms with Gasteiger partial charge in [0.1, 0.15) is 0 Å². The van der Waals surface area contributed by atoms with Crippen molar-refractivity contribution in [3.63, 3.8) is 0 Å². The third-order valence-electron chi connectivity index (χ3n) is 5.49. The van der Waals surface area contributed by atoms with E-state index in [1.165, 1.54) is 0 Å². The first-order valence-electron chi connectivity index (χ1n) is 10.7. The van der Waals surface area contributed by atoms with Gasteiger partial charge in [0.15, 0.2) is 5.96 Å². The van der Waals surface area contributed by atoms with Crippen LogP contribution in [0.3, 0.4) is 0 Å². The predicted octanol–water partition coefficient (Wildman–Crippen LogP) is 2.77. The number of hydrogen-bond acceptors (Lipinski definition) is 4. The van der Waals surface area contributed by atoms with E-state index in [2.05, 4.69) is 31.5 Å². The van der Waals surface area contributed by atoms with Crippen molar-refractivity contribution in [1.82, 2.24) is 15.1 Å². The summed E-state index contributed by atoms with van der Waals surface area (Å²) in [6.45, 7) is 10.5. The third kappa shape index (κ3) is 7.39. The van der Waals surface area contributed by atoms with Crippen LogP contribution in [-0.2, 0) is 16.1 Å². The topological polar surface area (TPSA) is 69.2 Å². The Morgan fingerprint density at radius 3 is 2.73 bits per heavy atom. The normalized spacial score (nSPS) is 20.2. The number of rotatable bonds is 6. The average Bonchev–Trinajstić information content (AvgIpc) is 3.19. The van der Waals surface area contributed by atoms with E-state index in [9.17, 15) is 4.79 Å². The molecule has 2 heterocycles. The molecule has 2 saturated heterocycles. The summed E-state index contributed by atoms with van der Waals surface area (Å²) in [4.78, 5) is 21.4. The number of likely N-dealkylation sites (tertiary alicyclic amines) is 1. The zero-order chi connectivity index (χ0) is 20.6. The van der Waals surface area contributed by atoms with Gasteiger partial charge in [0, 0.05) is 57.9 Å². The number of morpholine rings is 1. The molecule has 3 rings (SSSR count). The minimum absolute atomic E-state index is 0. The Hall–Kier alpha value is -1.39. The van der Waals surface area contributed by atoms with Gasteiger partial charge in [-0.05, 0) is 30.0 Å². The van der Waals surface area contributed by atoms with Crippen molar-refractivity contribution in [2.75, 3.05) is 51.8 Å².